The molecule has 0 bridgehead atoms. The van der Waals surface area contributed by atoms with Gasteiger partial charge in [0, 0.05) is 115 Å². The van der Waals surface area contributed by atoms with Gasteiger partial charge in [0.1, 0.15) is 29.0 Å². The maximum absolute atomic E-state index is 13.3. The van der Waals surface area contributed by atoms with Crippen molar-refractivity contribution in [3.63, 3.8) is 0 Å². The summed E-state index contributed by atoms with van der Waals surface area (Å²) in [7, 11) is 2.98. The zero-order chi connectivity index (χ0) is 53.1. The van der Waals surface area contributed by atoms with E-state index in [0.717, 1.165) is 44.1 Å². The fraction of sp³-hybridized carbons (Fsp3) is 0.620. The summed E-state index contributed by atoms with van der Waals surface area (Å²) in [4.78, 5) is 75.1. The number of nitrogens with zero attached hydrogens (tertiary/aromatic N) is 2. The number of morpholine rings is 1. The van der Waals surface area contributed by atoms with Crippen molar-refractivity contribution in [1.82, 2.24) is 20.4 Å². The minimum absolute atomic E-state index is 0. The van der Waals surface area contributed by atoms with E-state index in [0.29, 0.717) is 71.5 Å². The Hall–Kier alpha value is -4.21. The average molecular weight is 1120 g/mol. The number of nitrogens with one attached hydrogen (secondary N) is 2. The molecule has 3 aliphatic heterocycles. The van der Waals surface area contributed by atoms with Crippen molar-refractivity contribution in [2.45, 2.75) is 95.3 Å². The smallest absolute Gasteiger partial charge is 0.252 e. The Morgan fingerprint density at radius 1 is 0.905 bits per heavy atom. The first-order valence-electron chi connectivity index (χ1n) is 24.5. The van der Waals surface area contributed by atoms with E-state index in [1.54, 1.807) is 7.11 Å². The molecule has 5 aliphatic rings. The summed E-state index contributed by atoms with van der Waals surface area (Å²) in [5.41, 5.74) is -3.72. The number of phenolic OH excluding ortho intramolecular Hbond substituents is 2. The molecule has 0 spiro atoms. The average Bonchev–Trinajstić information content (AvgIpc) is 3.78. The number of fused-ring (bicyclic) bond motifs is 6. The van der Waals surface area contributed by atoms with Gasteiger partial charge in [0.25, 0.3) is 5.91 Å². The number of hydrogen-bond acceptors (Lipinski definition) is 20. The molecule has 0 saturated carbocycles. The van der Waals surface area contributed by atoms with Crippen molar-refractivity contribution in [3.05, 3.63) is 58.0 Å². The van der Waals surface area contributed by atoms with Crippen LogP contribution < -0.4 is 15.4 Å². The third kappa shape index (κ3) is 15.5. The van der Waals surface area contributed by atoms with Gasteiger partial charge in [-0.3, -0.25) is 28.9 Å². The van der Waals surface area contributed by atoms with Crippen molar-refractivity contribution in [2.75, 3.05) is 106 Å². The Morgan fingerprint density at radius 3 is 2.19 bits per heavy atom. The monoisotopic (exact) mass is 1120 g/mol. The largest absolute Gasteiger partial charge is 0.507 e. The van der Waals surface area contributed by atoms with Crippen LogP contribution in [0.5, 0.6) is 17.2 Å². The van der Waals surface area contributed by atoms with E-state index in [4.69, 9.17) is 42.6 Å². The summed E-state index contributed by atoms with van der Waals surface area (Å²) in [5.74, 6) is -4.00. The van der Waals surface area contributed by atoms with Crippen molar-refractivity contribution >= 4 is 36.2 Å². The zero-order valence-electron chi connectivity index (χ0n) is 42.7. The summed E-state index contributed by atoms with van der Waals surface area (Å²) in [6.45, 7) is 13.0. The van der Waals surface area contributed by atoms with Gasteiger partial charge >= 0.3 is 0 Å². The van der Waals surface area contributed by atoms with E-state index in [1.165, 1.54) is 31.7 Å². The number of carbonyl (C=O) groups is 6. The van der Waals surface area contributed by atoms with E-state index in [2.05, 4.69) is 29.4 Å². The van der Waals surface area contributed by atoms with E-state index in [1.807, 2.05) is 6.92 Å². The number of aromatic hydroxyl groups is 2. The number of ether oxygens (including phenoxy) is 9. The van der Waals surface area contributed by atoms with Crippen LogP contribution in [0.15, 0.2) is 18.2 Å². The van der Waals surface area contributed by atoms with Crippen molar-refractivity contribution in [1.29, 1.82) is 0 Å². The molecule has 409 valence electrons. The molecule has 3 fully saturated rings. The summed E-state index contributed by atoms with van der Waals surface area (Å²) in [6.07, 6.45) is 2.39. The van der Waals surface area contributed by atoms with Gasteiger partial charge in [-0.25, -0.2) is 0 Å². The molecule has 3 heterocycles. The van der Waals surface area contributed by atoms with Crippen LogP contribution >= 0.6 is 0 Å². The number of carbonyl (C=O) groups excluding carboxylic acids is 6. The molecule has 6 unspecified atom stereocenters. The van der Waals surface area contributed by atoms with Gasteiger partial charge in [-0.2, -0.15) is 6.42 Å². The van der Waals surface area contributed by atoms with Gasteiger partial charge in [0.05, 0.1) is 94.8 Å². The molecule has 24 heteroatoms. The standard InChI is InChI=1S/C23H22N2O9.C16H30NO6.C11H19NO4.Y/c1-34-13-4-2-3-10-15(13)21(31)17-16(18(10)28)19(29)11-7-23(33,8-12(27)14(11)20(17)30)22(32)25-6-5-24-9-26;1-3-5-16(19)17(15-18)6-8-21-10-12-23-14-13-22-11-9-20-7-4-2;1-7-9-8(3-5-14-7)12-4-6-15-11(13-2)10(12)16-9;/h2-4,9,12,27,29-30,33H,5-8H2,1H3,(H,24,26)(H,25,32);5,15H,3-4,6-14H2,1-2H3;7-11H,3-6H2,1-2H3;/q;-1;;/t;;7?,8?,9?,10-,11?;/m..1./s1. The van der Waals surface area contributed by atoms with Gasteiger partial charge < -0.3 is 89.8 Å². The van der Waals surface area contributed by atoms with Crippen LogP contribution in [0.1, 0.15) is 95.5 Å². The number of imide groups is 1. The first-order valence-corrected chi connectivity index (χ1v) is 24.5. The van der Waals surface area contributed by atoms with Gasteiger partial charge in [-0.05, 0) is 25.8 Å². The Kier molecular flexibility index (Phi) is 26.2. The van der Waals surface area contributed by atoms with E-state index >= 15 is 0 Å². The van der Waals surface area contributed by atoms with Gasteiger partial charge in [0.15, 0.2) is 18.3 Å². The SMILES string of the molecule is CC[CH-]C(=O)N(C=O)CCOCCOCCOCCOCCC.COC1OCCN2C3CCOC(C)C3O[C@H]12.COc1cccc2c1C(=O)c1c(O)c3c(c(O)c1C2=O)CC(O)(C(=O)NCCNC=O)CC3O.[Y]. The summed E-state index contributed by atoms with van der Waals surface area (Å²) in [6, 6.07) is 4.82. The number of benzene rings is 2. The maximum atomic E-state index is 13.3. The van der Waals surface area contributed by atoms with Gasteiger partial charge in [0.2, 0.25) is 18.6 Å². The second kappa shape index (κ2) is 31.1. The van der Waals surface area contributed by atoms with Crippen LogP contribution in [-0.4, -0.2) is 209 Å². The van der Waals surface area contributed by atoms with Crippen LogP contribution in [-0.2, 0) is 96.2 Å². The van der Waals surface area contributed by atoms with E-state index in [-0.39, 0.29) is 111 Å². The number of ketones is 2. The predicted molar refractivity (Wildman–Crippen MR) is 257 cm³/mol. The fourth-order valence-electron chi connectivity index (χ4n) is 9.15. The van der Waals surface area contributed by atoms with Crippen molar-refractivity contribution in [2.24, 2.45) is 0 Å². The molecular formula is C50H71N4O19Y-. The van der Waals surface area contributed by atoms with Crippen LogP contribution in [0.3, 0.4) is 0 Å². The Bertz CT molecular complexity index is 2190. The van der Waals surface area contributed by atoms with Gasteiger partial charge in [-0.1, -0.05) is 26.0 Å². The molecule has 2 aliphatic carbocycles. The number of aliphatic hydroxyl groups excluding tert-OH is 1. The normalized spacial score (nSPS) is 23.3. The van der Waals surface area contributed by atoms with Crippen LogP contribution in [0.2, 0.25) is 0 Å². The predicted octanol–water partition coefficient (Wildman–Crippen LogP) is 0.708. The number of hydrogen-bond donors (Lipinski definition) is 6. The molecule has 3 saturated heterocycles. The maximum Gasteiger partial charge on any atom is 0.252 e. The fourth-order valence-corrected chi connectivity index (χ4v) is 9.15. The molecule has 1 radical (unpaired) electrons. The second-order valence-corrected chi connectivity index (χ2v) is 17.5. The molecule has 74 heavy (non-hydrogen) atoms. The summed E-state index contributed by atoms with van der Waals surface area (Å²) >= 11 is 0. The molecule has 4 amide bonds. The van der Waals surface area contributed by atoms with E-state index in [9.17, 15) is 49.2 Å². The number of rotatable bonds is 24. The van der Waals surface area contributed by atoms with E-state index < -0.39 is 64.6 Å². The molecular weight excluding hydrogens is 1050 g/mol. The van der Waals surface area contributed by atoms with Crippen LogP contribution in [0.25, 0.3) is 0 Å². The molecule has 2 aromatic carbocycles. The third-order valence-corrected chi connectivity index (χ3v) is 12.7. The quantitative estimate of drug-likeness (QED) is 0.0312. The third-order valence-electron chi connectivity index (χ3n) is 12.7. The van der Waals surface area contributed by atoms with Crippen molar-refractivity contribution in [3.8, 4) is 17.2 Å². The molecule has 7 rings (SSSR count). The Morgan fingerprint density at radius 2 is 1.57 bits per heavy atom. The molecule has 2 aromatic rings. The van der Waals surface area contributed by atoms with Crippen LogP contribution in [0.4, 0.5) is 0 Å². The number of phenols is 2. The van der Waals surface area contributed by atoms with Crippen molar-refractivity contribution < 1.29 is 125 Å². The number of amides is 4. The first kappa shape index (κ1) is 62.3. The minimum Gasteiger partial charge on any atom is -0.507 e. The zero-order valence-corrected chi connectivity index (χ0v) is 45.6. The first-order chi connectivity index (χ1) is 35.2. The topological polar surface area (TPSA) is 297 Å². The molecule has 6 N–H and O–H groups in total. The Labute approximate surface area is 456 Å². The van der Waals surface area contributed by atoms with Crippen LogP contribution in [0, 0.1) is 6.42 Å². The van der Waals surface area contributed by atoms with Gasteiger partial charge in [-0.15, -0.1) is 0 Å². The number of methoxy groups -OCH3 is 2. The number of aliphatic hydroxyl groups is 2. The molecule has 23 nitrogen and oxygen atoms in total. The summed E-state index contributed by atoms with van der Waals surface area (Å²) < 4.78 is 49.0. The molecule has 0 aromatic heterocycles. The molecule has 7 atom stereocenters. The minimum atomic E-state index is -2.19. The second-order valence-electron chi connectivity index (χ2n) is 17.5. The Balaban J connectivity index is 0.000000257. The summed E-state index contributed by atoms with van der Waals surface area (Å²) in [5, 5.41) is 48.4.